The summed E-state index contributed by atoms with van der Waals surface area (Å²) in [6.45, 7) is 5.32. The van der Waals surface area contributed by atoms with Crippen molar-refractivity contribution >= 4 is 66.2 Å². The summed E-state index contributed by atoms with van der Waals surface area (Å²) in [5, 5.41) is 29.1. The molecule has 566 valence electrons. The summed E-state index contributed by atoms with van der Waals surface area (Å²) in [5.74, 6) is -3.08. The third-order valence-electron chi connectivity index (χ3n) is 17.5. The maximum absolute atomic E-state index is 12.4. The van der Waals surface area contributed by atoms with Crippen molar-refractivity contribution in [2.24, 2.45) is 5.73 Å². The number of pyridine rings is 5. The van der Waals surface area contributed by atoms with Gasteiger partial charge in [0.05, 0.1) is 69.9 Å². The van der Waals surface area contributed by atoms with E-state index in [1.165, 1.54) is 67.1 Å². The van der Waals surface area contributed by atoms with Crippen LogP contribution in [-0.4, -0.2) is 166 Å². The number of nitrogens with one attached hydrogen (secondary N) is 1. The lowest BCUT2D eigenvalue weighted by Gasteiger charge is -2.35. The summed E-state index contributed by atoms with van der Waals surface area (Å²) in [7, 11) is 10.4. The summed E-state index contributed by atoms with van der Waals surface area (Å²) >= 11 is 0. The fourth-order valence-electron chi connectivity index (χ4n) is 11.1. The van der Waals surface area contributed by atoms with Crippen LogP contribution in [-0.2, 0) is 37.9 Å². The number of nitrogens with two attached hydrogens (primary N) is 2. The first-order valence-electron chi connectivity index (χ1n) is 32.6. The van der Waals surface area contributed by atoms with E-state index in [1.54, 1.807) is 136 Å². The van der Waals surface area contributed by atoms with Crippen LogP contribution < -0.4 is 50.2 Å². The van der Waals surface area contributed by atoms with Gasteiger partial charge in [0.1, 0.15) is 33.5 Å². The van der Waals surface area contributed by atoms with Gasteiger partial charge in [-0.05, 0) is 171 Å². The second-order valence-electron chi connectivity index (χ2n) is 25.5. The third kappa shape index (κ3) is 24.0. The number of nitrogen functional groups attached to an aromatic ring is 1. The number of carbonyl (C=O) groups excluding carboxylic acids is 4. The van der Waals surface area contributed by atoms with E-state index in [1.807, 2.05) is 0 Å². The van der Waals surface area contributed by atoms with Gasteiger partial charge in [0.25, 0.3) is 27.8 Å². The first-order chi connectivity index (χ1) is 48.0. The monoisotopic (exact) mass is 1480 g/mol. The quantitative estimate of drug-likeness (QED) is 0.0516. The van der Waals surface area contributed by atoms with Crippen LogP contribution >= 0.6 is 24.8 Å². The Morgan fingerprint density at radius 1 is 0.456 bits per heavy atom. The maximum atomic E-state index is 12.4. The van der Waals surface area contributed by atoms with Gasteiger partial charge in [-0.3, -0.25) is 29.3 Å². The fourth-order valence-corrected chi connectivity index (χ4v) is 11.1. The van der Waals surface area contributed by atoms with Crippen molar-refractivity contribution in [1.82, 2.24) is 22.8 Å². The lowest BCUT2D eigenvalue weighted by molar-refractivity contribution is 0.00488. The highest BCUT2D eigenvalue weighted by molar-refractivity contribution is 5.90. The van der Waals surface area contributed by atoms with Gasteiger partial charge in [-0.15, -0.1) is 24.8 Å². The molecule has 33 heteroatoms. The van der Waals surface area contributed by atoms with Gasteiger partial charge in [0.2, 0.25) is 0 Å². The number of rotatable bonds is 14. The molecule has 0 saturated heterocycles. The van der Waals surface area contributed by atoms with Gasteiger partial charge in [-0.25, -0.2) is 28.8 Å². The summed E-state index contributed by atoms with van der Waals surface area (Å²) in [6, 6.07) is 19.6. The molecule has 0 atom stereocenters. The number of aliphatic hydroxyl groups excluding tert-OH is 2. The molecule has 0 aliphatic heterocycles. The summed E-state index contributed by atoms with van der Waals surface area (Å²) in [5.41, 5.74) is 8.56. The molecule has 6 heterocycles. The Bertz CT molecular complexity index is 4130. The Morgan fingerprint density at radius 2 is 0.777 bits per heavy atom. The maximum Gasteiger partial charge on any atom is 0.412 e. The molecule has 8 N–H and O–H groups in total. The molecule has 6 aromatic heterocycles. The molecule has 6 fully saturated rings. The molecule has 0 bridgehead atoms. The fraction of sp³-hybridized carbons (Fsp3) is 0.500. The highest BCUT2D eigenvalue weighted by Gasteiger charge is 2.35. The number of ether oxygens (including phenoxy) is 8. The smallest absolute Gasteiger partial charge is 0.412 e. The minimum absolute atomic E-state index is 0. The van der Waals surface area contributed by atoms with Crippen LogP contribution in [0.1, 0.15) is 169 Å². The third-order valence-corrected chi connectivity index (χ3v) is 17.5. The van der Waals surface area contributed by atoms with E-state index < -0.39 is 46.8 Å². The molecule has 12 rings (SSSR count). The van der Waals surface area contributed by atoms with Crippen molar-refractivity contribution in [1.29, 1.82) is 0 Å². The van der Waals surface area contributed by atoms with Crippen molar-refractivity contribution in [3.63, 3.8) is 0 Å². The van der Waals surface area contributed by atoms with Gasteiger partial charge in [0, 0.05) is 95.7 Å². The van der Waals surface area contributed by atoms with Crippen LogP contribution in [0.2, 0.25) is 0 Å². The molecule has 6 aliphatic carbocycles. The molecule has 6 aromatic rings. The molecule has 0 unspecified atom stereocenters. The van der Waals surface area contributed by atoms with E-state index in [0.717, 1.165) is 64.2 Å². The van der Waals surface area contributed by atoms with Crippen molar-refractivity contribution in [3.8, 4) is 0 Å². The van der Waals surface area contributed by atoms with E-state index in [-0.39, 0.29) is 136 Å². The molecule has 31 nitrogen and oxygen atoms in total. The van der Waals surface area contributed by atoms with E-state index in [2.05, 4.69) is 23.9 Å². The summed E-state index contributed by atoms with van der Waals surface area (Å²) in [4.78, 5) is 126. The van der Waals surface area contributed by atoms with Gasteiger partial charge in [-0.2, -0.15) is 0 Å². The number of aliphatic hydroxyl groups is 2. The van der Waals surface area contributed by atoms with Crippen LogP contribution in [0.5, 0.6) is 0 Å². The Hall–Kier alpha value is -9.05. The number of hydrogen-bond acceptors (Lipinski definition) is 24. The van der Waals surface area contributed by atoms with E-state index in [9.17, 15) is 57.8 Å². The number of carbonyl (C=O) groups is 5. The number of aromatic carboxylic acids is 1. The van der Waals surface area contributed by atoms with Crippen molar-refractivity contribution in [3.05, 3.63) is 194 Å². The van der Waals surface area contributed by atoms with Crippen molar-refractivity contribution < 1.29 is 81.6 Å². The number of carboxylic acids is 1. The lowest BCUT2D eigenvalue weighted by Crippen LogP contribution is -2.39. The second kappa shape index (κ2) is 40.7. The Kier molecular flexibility index (Phi) is 34.1. The van der Waals surface area contributed by atoms with E-state index >= 15 is 0 Å². The first kappa shape index (κ1) is 86.4. The lowest BCUT2D eigenvalue weighted by atomic mass is 9.89. The normalized spacial score (nSPS) is 22.7. The molecular formula is C70H94Cl2N8O23. The standard InChI is InChI=1S/C15H22N2O4.C12H15NO4.2C11H13NO4.C10H14N2O2.C7H6O4.C4H9NO.2ClH/c1-15(2,3)21-14(19)16-12-6-5-7-17(13(12)18)10-8-11(9-10)20-4;1-16-9-6-8(7-9)13-5-3-4-10(11(13)14)12(15)17-2;1-16-8-5-7(6-8)12-4-2-3-9(10(12)13)11(14)15;1-16-11(15)9-3-2-4-12(10(9)14)7-5-8(13)6-7;1-14-8-5-7(6-8)12-4-2-3-9(11)10(12)13;1-10-6(8)5-3-2-4-11-7(5)9;5-3-1-4(6)2-3;;/h5-7,10-11H,8-9H2,1-4H3,(H,16,19);3-5,8-9H,6-7H2,1-2H3;2-4,7-8H,5-6H2,1H3,(H,14,15);2-4,7-8,13H,5-6H2,1H3;2-4,7-8H,5-6,11H2,1H3;2-4H,1H3;3-4,6H,1-2,5H2;2*1H. The Morgan fingerprint density at radius 3 is 1.11 bits per heavy atom. The predicted octanol–water partition coefficient (Wildman–Crippen LogP) is 6.28. The van der Waals surface area contributed by atoms with Crippen LogP contribution in [0, 0.1) is 0 Å². The zero-order valence-electron chi connectivity index (χ0n) is 59.0. The predicted molar refractivity (Wildman–Crippen MR) is 382 cm³/mol. The number of carboxylic acid groups (broad SMARTS) is 1. The topological polar surface area (TPSA) is 424 Å². The van der Waals surface area contributed by atoms with Crippen LogP contribution in [0.4, 0.5) is 16.2 Å². The summed E-state index contributed by atoms with van der Waals surface area (Å²) in [6.07, 6.45) is 18.9. The molecular weight excluding hydrogens is 1390 g/mol. The molecule has 6 saturated carbocycles. The van der Waals surface area contributed by atoms with Crippen LogP contribution in [0.3, 0.4) is 0 Å². The highest BCUT2D eigenvalue weighted by Crippen LogP contribution is 2.36. The summed E-state index contributed by atoms with van der Waals surface area (Å²) < 4.78 is 51.6. The van der Waals surface area contributed by atoms with Gasteiger partial charge >= 0.3 is 35.6 Å². The van der Waals surface area contributed by atoms with Crippen molar-refractivity contribution in [2.75, 3.05) is 60.8 Å². The number of amides is 1. The molecule has 103 heavy (non-hydrogen) atoms. The molecule has 0 radical (unpaired) electrons. The number of anilines is 2. The number of aromatic nitrogens is 5. The molecule has 1 amide bonds. The molecule has 6 aliphatic rings. The second-order valence-corrected chi connectivity index (χ2v) is 25.5. The average molecular weight is 1490 g/mol. The Labute approximate surface area is 605 Å². The Balaban J connectivity index is 0.000000258. The minimum atomic E-state index is -1.18. The molecule has 0 spiro atoms. The number of esters is 3. The average Bonchev–Trinajstić information content (AvgIpc) is 0.850. The largest absolute Gasteiger partial charge is 0.477 e. The van der Waals surface area contributed by atoms with Gasteiger partial charge < -0.3 is 91.9 Å². The van der Waals surface area contributed by atoms with Crippen LogP contribution in [0.25, 0.3) is 0 Å². The van der Waals surface area contributed by atoms with Crippen molar-refractivity contribution in [2.45, 2.75) is 176 Å². The highest BCUT2D eigenvalue weighted by atomic mass is 35.5. The van der Waals surface area contributed by atoms with Gasteiger partial charge in [0.15, 0.2) is 0 Å². The first-order valence-corrected chi connectivity index (χ1v) is 32.6. The van der Waals surface area contributed by atoms with Gasteiger partial charge in [-0.1, -0.05) is 0 Å². The zero-order valence-corrected chi connectivity index (χ0v) is 60.7. The molecule has 0 aromatic carbocycles. The number of nitrogens with zero attached hydrogens (tertiary/aromatic N) is 5. The SMILES string of the molecule is COC(=O)c1cccn(C2CC(O)C2)c1=O.COC(=O)c1cccn(C2CC(OC)C2)c1=O.COC(=O)c1cccoc1=O.COC1CC(n2cccc(C(=O)O)c2=O)C1.COC1CC(n2cccc(N)c2=O)C1.COC1CC(n2cccc(NC(=O)OC(C)(C)C)c2=O)C1.Cl.Cl.NC1CC(O)C1. The number of halogens is 2. The minimum Gasteiger partial charge on any atom is -0.477 e. The van der Waals surface area contributed by atoms with E-state index in [0.29, 0.717) is 30.7 Å². The number of hydrogen-bond donors (Lipinski definition) is 6. The number of methoxy groups -OCH3 is 7. The van der Waals surface area contributed by atoms with E-state index in [4.69, 9.17) is 45.4 Å². The zero-order chi connectivity index (χ0) is 74.4. The van der Waals surface area contributed by atoms with Crippen LogP contribution in [0.15, 0.2) is 143 Å².